The number of hydrogen-bond acceptors (Lipinski definition) is 6. The van der Waals surface area contributed by atoms with Crippen molar-refractivity contribution >= 4 is 17.9 Å². The molecule has 0 saturated carbocycles. The highest BCUT2D eigenvalue weighted by molar-refractivity contribution is 5.71. The van der Waals surface area contributed by atoms with E-state index >= 15 is 0 Å². The molecule has 0 rings (SSSR count). The van der Waals surface area contributed by atoms with Gasteiger partial charge in [-0.1, -0.05) is 290 Å². The summed E-state index contributed by atoms with van der Waals surface area (Å²) < 4.78 is 17.0. The number of ether oxygens (including phenoxy) is 3. The van der Waals surface area contributed by atoms with Crippen LogP contribution in [0.25, 0.3) is 0 Å². The fourth-order valence-corrected chi connectivity index (χ4v) is 9.40. The van der Waals surface area contributed by atoms with Crippen LogP contribution in [0.15, 0.2) is 122 Å². The molecule has 0 bridgehead atoms. The Hall–Kier alpha value is -4.19. The van der Waals surface area contributed by atoms with Crippen LogP contribution in [0.5, 0.6) is 0 Å². The average molecular weight is 1120 g/mol. The first-order valence-corrected chi connectivity index (χ1v) is 34.0. The summed E-state index contributed by atoms with van der Waals surface area (Å²) in [6, 6.07) is 0. The Labute approximate surface area is 501 Å². The van der Waals surface area contributed by atoms with Gasteiger partial charge in [0.25, 0.3) is 0 Å². The van der Waals surface area contributed by atoms with E-state index in [1.165, 1.54) is 141 Å². The van der Waals surface area contributed by atoms with Gasteiger partial charge in [-0.15, -0.1) is 0 Å². The van der Waals surface area contributed by atoms with Gasteiger partial charge >= 0.3 is 17.9 Å². The molecule has 0 aliphatic carbocycles. The smallest absolute Gasteiger partial charge is 0.306 e. The second-order valence-electron chi connectivity index (χ2n) is 22.3. The molecule has 462 valence electrons. The highest BCUT2D eigenvalue weighted by Crippen LogP contribution is 2.16. The van der Waals surface area contributed by atoms with Crippen molar-refractivity contribution in [1.29, 1.82) is 0 Å². The summed E-state index contributed by atoms with van der Waals surface area (Å²) in [6.07, 6.45) is 94.9. The molecular weight excluding hydrogens is 997 g/mol. The van der Waals surface area contributed by atoms with Crippen LogP contribution < -0.4 is 0 Å². The number of carbonyl (C=O) groups excluding carboxylic acids is 3. The Morgan fingerprint density at radius 1 is 0.259 bits per heavy atom. The van der Waals surface area contributed by atoms with E-state index in [-0.39, 0.29) is 31.1 Å². The number of rotatable bonds is 61. The van der Waals surface area contributed by atoms with Crippen LogP contribution >= 0.6 is 0 Å². The van der Waals surface area contributed by atoms with Gasteiger partial charge in [-0.05, 0) is 128 Å². The highest BCUT2D eigenvalue weighted by atomic mass is 16.6. The van der Waals surface area contributed by atoms with Crippen LogP contribution in [0.2, 0.25) is 0 Å². The zero-order chi connectivity index (χ0) is 58.5. The molecule has 0 aromatic carbocycles. The zero-order valence-electron chi connectivity index (χ0n) is 53.0. The molecule has 6 heteroatoms. The molecule has 0 saturated heterocycles. The highest BCUT2D eigenvalue weighted by Gasteiger charge is 2.19. The van der Waals surface area contributed by atoms with Crippen molar-refractivity contribution in [3.63, 3.8) is 0 Å². The number of allylic oxidation sites excluding steroid dienone is 20. The van der Waals surface area contributed by atoms with Gasteiger partial charge in [0.2, 0.25) is 0 Å². The number of hydrogen-bond donors (Lipinski definition) is 0. The second-order valence-corrected chi connectivity index (χ2v) is 22.3. The van der Waals surface area contributed by atoms with Gasteiger partial charge in [0.1, 0.15) is 13.2 Å². The van der Waals surface area contributed by atoms with E-state index in [1.54, 1.807) is 0 Å². The van der Waals surface area contributed by atoms with E-state index in [1.807, 2.05) is 0 Å². The standard InChI is InChI=1S/C75H126O6/c1-4-7-10-13-16-19-22-25-28-30-32-34-36-37-39-40-42-44-47-50-53-56-59-62-65-68-74(77)80-71-72(70-79-73(76)67-64-61-58-55-52-49-46-27-24-21-18-15-12-9-6-3)81-75(78)69-66-63-60-57-54-51-48-45-43-41-38-35-33-31-29-26-23-20-17-14-11-8-5-2/h8-9,11-12,17-18,20-22,25-27,29-30,32-33,35-37,46,72H,4-7,10,13-16,19,23-24,28,31,34,38-45,47-71H2,1-3H3/b11-8-,12-9-,20-17-,21-18-,25-22-,29-26-,32-30-,35-33-,37-36-,46-27-. The molecule has 0 aromatic rings. The van der Waals surface area contributed by atoms with E-state index in [0.717, 1.165) is 135 Å². The average Bonchev–Trinajstić information content (AvgIpc) is 3.47. The summed E-state index contributed by atoms with van der Waals surface area (Å²) >= 11 is 0. The van der Waals surface area contributed by atoms with Gasteiger partial charge in [-0.25, -0.2) is 0 Å². The molecule has 0 heterocycles. The molecule has 0 spiro atoms. The first kappa shape index (κ1) is 76.8. The molecular formula is C75H126O6. The van der Waals surface area contributed by atoms with Crippen molar-refractivity contribution in [1.82, 2.24) is 0 Å². The SMILES string of the molecule is CC/C=C\C/C=C\C/C=C\C/C=C\CCCCCCCCCCCCC(=O)OC(COC(=O)CCCCCCC/C=C\C/C=C\C/C=C\CC)COC(=O)CCCCCCCCCCCC/C=C\C/C=C\C/C=C\CCCCCCC. The third-order valence-corrected chi connectivity index (χ3v) is 14.4. The maximum Gasteiger partial charge on any atom is 0.306 e. The van der Waals surface area contributed by atoms with Gasteiger partial charge < -0.3 is 14.2 Å². The van der Waals surface area contributed by atoms with Crippen LogP contribution in [0.3, 0.4) is 0 Å². The van der Waals surface area contributed by atoms with E-state index < -0.39 is 6.10 Å². The van der Waals surface area contributed by atoms with E-state index in [9.17, 15) is 14.4 Å². The van der Waals surface area contributed by atoms with Gasteiger partial charge in [0, 0.05) is 19.3 Å². The summed E-state index contributed by atoms with van der Waals surface area (Å²) in [6.45, 7) is 6.41. The fourth-order valence-electron chi connectivity index (χ4n) is 9.40. The molecule has 0 aromatic heterocycles. The van der Waals surface area contributed by atoms with Crippen molar-refractivity contribution in [3.8, 4) is 0 Å². The van der Waals surface area contributed by atoms with Crippen LogP contribution in [0.4, 0.5) is 0 Å². The van der Waals surface area contributed by atoms with Crippen molar-refractivity contribution in [2.45, 2.75) is 322 Å². The predicted octanol–water partition coefficient (Wildman–Crippen LogP) is 23.6. The summed E-state index contributed by atoms with van der Waals surface area (Å²) in [5.74, 6) is -0.906. The van der Waals surface area contributed by atoms with Gasteiger partial charge in [-0.3, -0.25) is 14.4 Å². The fraction of sp³-hybridized carbons (Fsp3) is 0.693. The molecule has 0 amide bonds. The number of carbonyl (C=O) groups is 3. The molecule has 0 aliphatic rings. The number of esters is 3. The Morgan fingerprint density at radius 2 is 0.481 bits per heavy atom. The molecule has 1 atom stereocenters. The lowest BCUT2D eigenvalue weighted by atomic mass is 10.0. The monoisotopic (exact) mass is 1120 g/mol. The molecule has 0 aliphatic heterocycles. The van der Waals surface area contributed by atoms with Crippen molar-refractivity contribution in [2.75, 3.05) is 13.2 Å². The lowest BCUT2D eigenvalue weighted by Crippen LogP contribution is -2.30. The summed E-state index contributed by atoms with van der Waals surface area (Å²) in [5, 5.41) is 0. The third kappa shape index (κ3) is 66.5. The summed E-state index contributed by atoms with van der Waals surface area (Å²) in [5.41, 5.74) is 0. The molecule has 81 heavy (non-hydrogen) atoms. The largest absolute Gasteiger partial charge is 0.462 e. The Bertz CT molecular complexity index is 1670. The van der Waals surface area contributed by atoms with Gasteiger partial charge in [0.15, 0.2) is 6.10 Å². The quantitative estimate of drug-likeness (QED) is 0.0261. The minimum absolute atomic E-state index is 0.0889. The van der Waals surface area contributed by atoms with Crippen molar-refractivity contribution in [2.24, 2.45) is 0 Å². The topological polar surface area (TPSA) is 78.9 Å². The minimum atomic E-state index is -0.795. The van der Waals surface area contributed by atoms with Crippen LogP contribution in [0, 0.1) is 0 Å². The zero-order valence-corrected chi connectivity index (χ0v) is 53.0. The van der Waals surface area contributed by atoms with Crippen LogP contribution in [0.1, 0.15) is 316 Å². The second kappa shape index (κ2) is 68.3. The van der Waals surface area contributed by atoms with E-state index in [4.69, 9.17) is 14.2 Å². The first-order valence-electron chi connectivity index (χ1n) is 34.0. The maximum atomic E-state index is 13.0. The molecule has 0 fully saturated rings. The molecule has 0 radical (unpaired) electrons. The summed E-state index contributed by atoms with van der Waals surface area (Å²) in [7, 11) is 0. The predicted molar refractivity (Wildman–Crippen MR) is 353 cm³/mol. The van der Waals surface area contributed by atoms with Gasteiger partial charge in [-0.2, -0.15) is 0 Å². The van der Waals surface area contributed by atoms with Crippen molar-refractivity contribution in [3.05, 3.63) is 122 Å². The summed E-state index contributed by atoms with van der Waals surface area (Å²) in [4.78, 5) is 38.4. The lowest BCUT2D eigenvalue weighted by Gasteiger charge is -2.18. The van der Waals surface area contributed by atoms with E-state index in [0.29, 0.717) is 19.3 Å². The van der Waals surface area contributed by atoms with E-state index in [2.05, 4.69) is 142 Å². The minimum Gasteiger partial charge on any atom is -0.462 e. The van der Waals surface area contributed by atoms with Gasteiger partial charge in [0.05, 0.1) is 0 Å². The number of unbranched alkanes of at least 4 members (excludes halogenated alkanes) is 30. The lowest BCUT2D eigenvalue weighted by molar-refractivity contribution is -0.167. The maximum absolute atomic E-state index is 13.0. The molecule has 1 unspecified atom stereocenters. The molecule has 6 nitrogen and oxygen atoms in total. The third-order valence-electron chi connectivity index (χ3n) is 14.4. The first-order chi connectivity index (χ1) is 40.0. The Morgan fingerprint density at radius 3 is 0.753 bits per heavy atom. The van der Waals surface area contributed by atoms with Crippen LogP contribution in [-0.4, -0.2) is 37.2 Å². The van der Waals surface area contributed by atoms with Crippen molar-refractivity contribution < 1.29 is 28.6 Å². The molecule has 0 N–H and O–H groups in total. The van der Waals surface area contributed by atoms with Crippen LogP contribution in [-0.2, 0) is 28.6 Å². The Kier molecular flexibility index (Phi) is 64.8. The Balaban J connectivity index is 4.37. The normalized spacial score (nSPS) is 12.9.